The molecule has 1 amide bonds. The van der Waals surface area contributed by atoms with Crippen LogP contribution in [0, 0.1) is 5.82 Å². The summed E-state index contributed by atoms with van der Waals surface area (Å²) < 4.78 is 45.6. The van der Waals surface area contributed by atoms with Gasteiger partial charge in [0.2, 0.25) is 15.9 Å². The highest BCUT2D eigenvalue weighted by molar-refractivity contribution is 7.89. The fraction of sp³-hybridized carbons (Fsp3) is 0.316. The molecule has 0 saturated carbocycles. The van der Waals surface area contributed by atoms with E-state index >= 15 is 0 Å². The number of halogens is 1. The van der Waals surface area contributed by atoms with Crippen LogP contribution in [-0.2, 0) is 21.2 Å². The number of carbonyl (C=O) groups is 1. The molecule has 8 heteroatoms. The van der Waals surface area contributed by atoms with Gasteiger partial charge >= 0.3 is 0 Å². The van der Waals surface area contributed by atoms with Gasteiger partial charge in [0.25, 0.3) is 0 Å². The fourth-order valence-electron chi connectivity index (χ4n) is 2.67. The largest absolute Gasteiger partial charge is 0.495 e. The number of nitrogens with one attached hydrogen (secondary N) is 1. The van der Waals surface area contributed by atoms with E-state index in [-0.39, 0.29) is 22.6 Å². The molecule has 0 aliphatic carbocycles. The van der Waals surface area contributed by atoms with E-state index < -0.39 is 21.7 Å². The SMILES string of the molecule is CCN(CC)S(=O)(=O)c1ccc(OC)c(NC(=O)Cc2ccccc2F)c1. The van der Waals surface area contributed by atoms with E-state index in [1.807, 2.05) is 0 Å². The zero-order valence-electron chi connectivity index (χ0n) is 15.5. The molecule has 146 valence electrons. The first-order chi connectivity index (χ1) is 12.8. The minimum Gasteiger partial charge on any atom is -0.495 e. The van der Waals surface area contributed by atoms with Crippen molar-refractivity contribution in [3.63, 3.8) is 0 Å². The highest BCUT2D eigenvalue weighted by Gasteiger charge is 2.23. The summed E-state index contributed by atoms with van der Waals surface area (Å²) in [6.45, 7) is 4.17. The van der Waals surface area contributed by atoms with E-state index in [2.05, 4.69) is 5.32 Å². The van der Waals surface area contributed by atoms with Gasteiger partial charge in [-0.1, -0.05) is 32.0 Å². The summed E-state index contributed by atoms with van der Waals surface area (Å²) in [4.78, 5) is 12.4. The highest BCUT2D eigenvalue weighted by atomic mass is 32.2. The summed E-state index contributed by atoms with van der Waals surface area (Å²) >= 11 is 0. The average molecular weight is 394 g/mol. The van der Waals surface area contributed by atoms with Crippen molar-refractivity contribution in [1.29, 1.82) is 0 Å². The molecular weight excluding hydrogens is 371 g/mol. The Balaban J connectivity index is 2.30. The lowest BCUT2D eigenvalue weighted by Crippen LogP contribution is -2.30. The van der Waals surface area contributed by atoms with Crippen molar-refractivity contribution in [3.05, 3.63) is 53.8 Å². The van der Waals surface area contributed by atoms with Crippen LogP contribution < -0.4 is 10.1 Å². The van der Waals surface area contributed by atoms with Crippen LogP contribution in [0.4, 0.5) is 10.1 Å². The first-order valence-corrected chi connectivity index (χ1v) is 9.98. The van der Waals surface area contributed by atoms with Crippen LogP contribution in [0.2, 0.25) is 0 Å². The second kappa shape index (κ2) is 8.96. The quantitative estimate of drug-likeness (QED) is 0.747. The van der Waals surface area contributed by atoms with Gasteiger partial charge in [-0.05, 0) is 29.8 Å². The van der Waals surface area contributed by atoms with Crippen LogP contribution in [0.25, 0.3) is 0 Å². The summed E-state index contributed by atoms with van der Waals surface area (Å²) in [5.41, 5.74) is 0.466. The molecule has 2 aromatic carbocycles. The molecule has 2 aromatic rings. The molecule has 0 spiro atoms. The predicted molar refractivity (Wildman–Crippen MR) is 102 cm³/mol. The molecule has 2 rings (SSSR count). The first kappa shape index (κ1) is 20.9. The smallest absolute Gasteiger partial charge is 0.243 e. The minimum atomic E-state index is -3.68. The topological polar surface area (TPSA) is 75.7 Å². The molecule has 27 heavy (non-hydrogen) atoms. The van der Waals surface area contributed by atoms with E-state index in [1.165, 1.54) is 41.7 Å². The minimum absolute atomic E-state index is 0.0493. The van der Waals surface area contributed by atoms with E-state index in [0.717, 1.165) is 0 Å². The van der Waals surface area contributed by atoms with Gasteiger partial charge in [-0.3, -0.25) is 4.79 Å². The lowest BCUT2D eigenvalue weighted by Gasteiger charge is -2.19. The molecular formula is C19H23FN2O4S. The second-order valence-electron chi connectivity index (χ2n) is 5.77. The Morgan fingerprint density at radius 3 is 2.41 bits per heavy atom. The van der Waals surface area contributed by atoms with E-state index in [4.69, 9.17) is 4.74 Å². The standard InChI is InChI=1S/C19H23FN2O4S/c1-4-22(5-2)27(24,25)15-10-11-18(26-3)17(13-15)21-19(23)12-14-8-6-7-9-16(14)20/h6-11,13H,4-5,12H2,1-3H3,(H,21,23). The maximum absolute atomic E-state index is 13.7. The van der Waals surface area contributed by atoms with Crippen molar-refractivity contribution in [2.45, 2.75) is 25.2 Å². The summed E-state index contributed by atoms with van der Waals surface area (Å²) in [5, 5.41) is 2.61. The number of benzene rings is 2. The maximum atomic E-state index is 13.7. The number of ether oxygens (including phenoxy) is 1. The number of carbonyl (C=O) groups excluding carboxylic acids is 1. The number of sulfonamides is 1. The van der Waals surface area contributed by atoms with Gasteiger partial charge in [0.05, 0.1) is 24.1 Å². The summed E-state index contributed by atoms with van der Waals surface area (Å²) in [6.07, 6.45) is -0.178. The van der Waals surface area contributed by atoms with Gasteiger partial charge in [0, 0.05) is 13.1 Å². The van der Waals surface area contributed by atoms with Crippen molar-refractivity contribution in [2.24, 2.45) is 0 Å². The third kappa shape index (κ3) is 4.84. The molecule has 0 radical (unpaired) electrons. The van der Waals surface area contributed by atoms with E-state index in [9.17, 15) is 17.6 Å². The Morgan fingerprint density at radius 1 is 1.15 bits per heavy atom. The van der Waals surface area contributed by atoms with Crippen molar-refractivity contribution in [2.75, 3.05) is 25.5 Å². The average Bonchev–Trinajstić information content (AvgIpc) is 2.64. The Kier molecular flexibility index (Phi) is 6.92. The predicted octanol–water partition coefficient (Wildman–Crippen LogP) is 3.05. The van der Waals surface area contributed by atoms with Gasteiger partial charge < -0.3 is 10.1 Å². The third-order valence-corrected chi connectivity index (χ3v) is 6.14. The number of amides is 1. The number of rotatable bonds is 8. The molecule has 0 heterocycles. The Bertz CT molecular complexity index is 912. The summed E-state index contributed by atoms with van der Waals surface area (Å²) in [5.74, 6) is -0.636. The van der Waals surface area contributed by atoms with Gasteiger partial charge in [-0.25, -0.2) is 12.8 Å². The third-order valence-electron chi connectivity index (χ3n) is 4.10. The summed E-state index contributed by atoms with van der Waals surface area (Å²) in [7, 11) is -2.27. The zero-order valence-corrected chi connectivity index (χ0v) is 16.3. The van der Waals surface area contributed by atoms with Crippen LogP contribution >= 0.6 is 0 Å². The van der Waals surface area contributed by atoms with Crippen LogP contribution in [0.1, 0.15) is 19.4 Å². The molecule has 0 unspecified atom stereocenters. The fourth-order valence-corrected chi connectivity index (χ4v) is 4.15. The Hall–Kier alpha value is -2.45. The molecule has 0 bridgehead atoms. The normalized spacial score (nSPS) is 11.4. The first-order valence-electron chi connectivity index (χ1n) is 8.54. The zero-order chi connectivity index (χ0) is 20.0. The van der Waals surface area contributed by atoms with Gasteiger partial charge in [-0.2, -0.15) is 4.31 Å². The van der Waals surface area contributed by atoms with Crippen molar-refractivity contribution in [3.8, 4) is 5.75 Å². The number of nitrogens with zero attached hydrogens (tertiary/aromatic N) is 1. The van der Waals surface area contributed by atoms with Crippen molar-refractivity contribution < 1.29 is 22.3 Å². The maximum Gasteiger partial charge on any atom is 0.243 e. The lowest BCUT2D eigenvalue weighted by atomic mass is 10.1. The van der Waals surface area contributed by atoms with Crippen LogP contribution in [0.3, 0.4) is 0 Å². The number of methoxy groups -OCH3 is 1. The van der Waals surface area contributed by atoms with Gasteiger partial charge in [-0.15, -0.1) is 0 Å². The number of anilines is 1. The van der Waals surface area contributed by atoms with Gasteiger partial charge in [0.15, 0.2) is 0 Å². The van der Waals surface area contributed by atoms with Gasteiger partial charge in [0.1, 0.15) is 11.6 Å². The molecule has 6 nitrogen and oxygen atoms in total. The van der Waals surface area contributed by atoms with Crippen LogP contribution in [0.15, 0.2) is 47.4 Å². The number of hydrogen-bond donors (Lipinski definition) is 1. The molecule has 0 atom stereocenters. The second-order valence-corrected chi connectivity index (χ2v) is 7.71. The Labute approximate surface area is 159 Å². The van der Waals surface area contributed by atoms with Crippen molar-refractivity contribution in [1.82, 2.24) is 4.31 Å². The molecule has 0 fully saturated rings. The Morgan fingerprint density at radius 2 is 1.81 bits per heavy atom. The van der Waals surface area contributed by atoms with Crippen LogP contribution in [0.5, 0.6) is 5.75 Å². The summed E-state index contributed by atoms with van der Waals surface area (Å²) in [6, 6.07) is 10.2. The molecule has 0 saturated heterocycles. The highest BCUT2D eigenvalue weighted by Crippen LogP contribution is 2.29. The van der Waals surface area contributed by atoms with E-state index in [0.29, 0.717) is 18.8 Å². The van der Waals surface area contributed by atoms with Crippen molar-refractivity contribution >= 4 is 21.6 Å². The molecule has 0 aliphatic heterocycles. The van der Waals surface area contributed by atoms with E-state index in [1.54, 1.807) is 26.0 Å². The molecule has 0 aliphatic rings. The molecule has 0 aromatic heterocycles. The monoisotopic (exact) mass is 394 g/mol. The number of hydrogen-bond acceptors (Lipinski definition) is 4. The van der Waals surface area contributed by atoms with Crippen LogP contribution in [-0.4, -0.2) is 38.8 Å². The lowest BCUT2D eigenvalue weighted by molar-refractivity contribution is -0.115. The molecule has 1 N–H and O–H groups in total.